The van der Waals surface area contributed by atoms with Crippen molar-refractivity contribution in [1.29, 1.82) is 0 Å². The minimum atomic E-state index is -4.03. The van der Waals surface area contributed by atoms with Gasteiger partial charge in [-0.2, -0.15) is 4.72 Å². The average Bonchev–Trinajstić information content (AvgIpc) is 2.55. The molecule has 0 saturated carbocycles. The Morgan fingerprint density at radius 1 is 1.26 bits per heavy atom. The van der Waals surface area contributed by atoms with Crippen LogP contribution in [0.3, 0.4) is 0 Å². The van der Waals surface area contributed by atoms with Crippen LogP contribution in [0.15, 0.2) is 29.2 Å². The van der Waals surface area contributed by atoms with E-state index >= 15 is 0 Å². The highest BCUT2D eigenvalue weighted by atomic mass is 32.2. The summed E-state index contributed by atoms with van der Waals surface area (Å²) >= 11 is 0. The Labute approximate surface area is 111 Å². The molecule has 5 nitrogen and oxygen atoms in total. The summed E-state index contributed by atoms with van der Waals surface area (Å²) in [7, 11) is -4.03. The van der Waals surface area contributed by atoms with Gasteiger partial charge in [0.05, 0.1) is 0 Å². The quantitative estimate of drug-likeness (QED) is 0.862. The van der Waals surface area contributed by atoms with Gasteiger partial charge in [-0.3, -0.25) is 4.79 Å². The van der Waals surface area contributed by atoms with Gasteiger partial charge in [-0.1, -0.05) is 12.1 Å². The summed E-state index contributed by atoms with van der Waals surface area (Å²) < 4.78 is 39.9. The summed E-state index contributed by atoms with van der Waals surface area (Å²) in [6.07, 6.45) is 1.96. The van der Waals surface area contributed by atoms with E-state index in [-0.39, 0.29) is 5.91 Å². The second-order valence-electron chi connectivity index (χ2n) is 4.39. The molecule has 0 bridgehead atoms. The number of carbonyl (C=O) groups excluding carboxylic acids is 1. The van der Waals surface area contributed by atoms with Crippen molar-refractivity contribution in [3.63, 3.8) is 0 Å². The molecule has 1 fully saturated rings. The number of hydrogen-bond acceptors (Lipinski definition) is 3. The third-order valence-electron chi connectivity index (χ3n) is 2.96. The number of sulfonamides is 1. The van der Waals surface area contributed by atoms with E-state index in [1.807, 2.05) is 0 Å². The molecule has 0 aromatic heterocycles. The van der Waals surface area contributed by atoms with Gasteiger partial charge >= 0.3 is 0 Å². The van der Waals surface area contributed by atoms with E-state index in [0.29, 0.717) is 13.0 Å². The van der Waals surface area contributed by atoms with Crippen molar-refractivity contribution in [3.8, 4) is 0 Å². The molecule has 1 aromatic rings. The predicted octanol–water partition coefficient (Wildman–Crippen LogP) is 0.773. The third-order valence-corrected chi connectivity index (χ3v) is 4.46. The van der Waals surface area contributed by atoms with Crippen LogP contribution in [0.25, 0.3) is 0 Å². The maximum Gasteiger partial charge on any atom is 0.244 e. The van der Waals surface area contributed by atoms with E-state index in [9.17, 15) is 17.6 Å². The predicted molar refractivity (Wildman–Crippen MR) is 67.4 cm³/mol. The Morgan fingerprint density at radius 2 is 2.00 bits per heavy atom. The number of nitrogens with one attached hydrogen (secondary N) is 2. The van der Waals surface area contributed by atoms with Crippen molar-refractivity contribution in [1.82, 2.24) is 10.0 Å². The first-order valence-corrected chi connectivity index (χ1v) is 7.53. The van der Waals surface area contributed by atoms with Crippen LogP contribution in [-0.4, -0.2) is 26.9 Å². The Hall–Kier alpha value is -1.47. The van der Waals surface area contributed by atoms with Crippen LogP contribution in [0.5, 0.6) is 0 Å². The van der Waals surface area contributed by atoms with Crippen molar-refractivity contribution in [2.75, 3.05) is 6.54 Å². The summed E-state index contributed by atoms with van der Waals surface area (Å²) in [4.78, 5) is 11.2. The summed E-state index contributed by atoms with van der Waals surface area (Å²) in [5, 5.41) is 2.62. The highest BCUT2D eigenvalue weighted by Crippen LogP contribution is 2.15. The fourth-order valence-corrected chi connectivity index (χ4v) is 3.27. The van der Waals surface area contributed by atoms with Crippen molar-refractivity contribution in [2.45, 2.75) is 30.2 Å². The zero-order valence-corrected chi connectivity index (χ0v) is 11.0. The van der Waals surface area contributed by atoms with Gasteiger partial charge in [0.25, 0.3) is 0 Å². The lowest BCUT2D eigenvalue weighted by molar-refractivity contribution is -0.122. The van der Waals surface area contributed by atoms with E-state index in [1.165, 1.54) is 18.2 Å². The molecule has 1 aliphatic rings. The van der Waals surface area contributed by atoms with Crippen LogP contribution >= 0.6 is 0 Å². The van der Waals surface area contributed by atoms with Gasteiger partial charge in [-0.25, -0.2) is 12.8 Å². The van der Waals surface area contributed by atoms with E-state index in [1.54, 1.807) is 0 Å². The molecule has 0 unspecified atom stereocenters. The van der Waals surface area contributed by atoms with E-state index < -0.39 is 26.8 Å². The highest BCUT2D eigenvalue weighted by molar-refractivity contribution is 7.89. The molecule has 0 radical (unpaired) electrons. The second kappa shape index (κ2) is 5.66. The van der Waals surface area contributed by atoms with Gasteiger partial charge in [-0.05, 0) is 31.4 Å². The number of hydrogen-bond donors (Lipinski definition) is 2. The van der Waals surface area contributed by atoms with Crippen LogP contribution in [0.4, 0.5) is 4.39 Å². The van der Waals surface area contributed by atoms with Gasteiger partial charge in [0, 0.05) is 6.54 Å². The molecule has 1 saturated heterocycles. The van der Waals surface area contributed by atoms with Gasteiger partial charge in [0.1, 0.15) is 16.8 Å². The molecule has 2 rings (SSSR count). The van der Waals surface area contributed by atoms with Crippen molar-refractivity contribution in [3.05, 3.63) is 30.1 Å². The zero-order chi connectivity index (χ0) is 13.9. The number of rotatable bonds is 3. The maximum absolute atomic E-state index is 13.5. The lowest BCUT2D eigenvalue weighted by Crippen LogP contribution is -2.45. The lowest BCUT2D eigenvalue weighted by atomic mass is 10.1. The molecule has 0 spiro atoms. The molecule has 2 N–H and O–H groups in total. The smallest absolute Gasteiger partial charge is 0.244 e. The molecular formula is C12H15FN2O3S. The van der Waals surface area contributed by atoms with Gasteiger partial charge in [0.15, 0.2) is 0 Å². The minimum Gasteiger partial charge on any atom is -0.355 e. The average molecular weight is 286 g/mol. The van der Waals surface area contributed by atoms with Crippen LogP contribution in [0.2, 0.25) is 0 Å². The first-order valence-electron chi connectivity index (χ1n) is 6.05. The normalized spacial score (nSPS) is 20.7. The summed E-state index contributed by atoms with van der Waals surface area (Å²) in [6, 6.07) is 4.25. The van der Waals surface area contributed by atoms with Crippen molar-refractivity contribution >= 4 is 15.9 Å². The third kappa shape index (κ3) is 3.30. The molecule has 1 atom stereocenters. The summed E-state index contributed by atoms with van der Waals surface area (Å²) in [6.45, 7) is 0.538. The fraction of sp³-hybridized carbons (Fsp3) is 0.417. The molecule has 1 aromatic carbocycles. The topological polar surface area (TPSA) is 75.3 Å². The Kier molecular flexibility index (Phi) is 4.16. The first-order chi connectivity index (χ1) is 9.00. The zero-order valence-electron chi connectivity index (χ0n) is 10.2. The largest absolute Gasteiger partial charge is 0.355 e. The van der Waals surface area contributed by atoms with E-state index in [2.05, 4.69) is 10.0 Å². The second-order valence-corrected chi connectivity index (χ2v) is 6.07. The number of carbonyl (C=O) groups is 1. The number of halogens is 1. The molecule has 1 aliphatic heterocycles. The first kappa shape index (κ1) is 14.0. The van der Waals surface area contributed by atoms with Crippen LogP contribution in [0.1, 0.15) is 19.3 Å². The van der Waals surface area contributed by atoms with E-state index in [0.717, 1.165) is 18.9 Å². The van der Waals surface area contributed by atoms with Crippen LogP contribution in [-0.2, 0) is 14.8 Å². The Bertz CT molecular complexity index is 574. The summed E-state index contributed by atoms with van der Waals surface area (Å²) in [5.41, 5.74) is 0. The molecule has 104 valence electrons. The molecule has 1 amide bonds. The van der Waals surface area contributed by atoms with Gasteiger partial charge < -0.3 is 5.32 Å². The number of benzene rings is 1. The minimum absolute atomic E-state index is 0.364. The molecule has 0 aliphatic carbocycles. The number of amides is 1. The van der Waals surface area contributed by atoms with Gasteiger partial charge in [-0.15, -0.1) is 0 Å². The fourth-order valence-electron chi connectivity index (χ4n) is 1.97. The Balaban J connectivity index is 2.21. The highest BCUT2D eigenvalue weighted by Gasteiger charge is 2.28. The monoisotopic (exact) mass is 286 g/mol. The maximum atomic E-state index is 13.5. The molecule has 19 heavy (non-hydrogen) atoms. The van der Waals surface area contributed by atoms with Crippen molar-refractivity contribution in [2.24, 2.45) is 0 Å². The van der Waals surface area contributed by atoms with Crippen LogP contribution < -0.4 is 10.0 Å². The SMILES string of the molecule is O=C1NCCCC[C@@H]1NS(=O)(=O)c1ccccc1F. The molecule has 7 heteroatoms. The summed E-state index contributed by atoms with van der Waals surface area (Å²) in [5.74, 6) is -1.19. The van der Waals surface area contributed by atoms with Gasteiger partial charge in [0.2, 0.25) is 15.9 Å². The molecule has 1 heterocycles. The lowest BCUT2D eigenvalue weighted by Gasteiger charge is -2.15. The van der Waals surface area contributed by atoms with Crippen molar-refractivity contribution < 1.29 is 17.6 Å². The Morgan fingerprint density at radius 3 is 2.74 bits per heavy atom. The van der Waals surface area contributed by atoms with E-state index in [4.69, 9.17) is 0 Å². The standard InChI is InChI=1S/C12H15FN2O3S/c13-9-5-1-2-7-11(9)19(17,18)15-10-6-3-4-8-14-12(10)16/h1-2,5,7,10,15H,3-4,6,8H2,(H,14,16)/t10-/m0/s1. The van der Waals surface area contributed by atoms with Crippen LogP contribution in [0, 0.1) is 5.82 Å². The molecular weight excluding hydrogens is 271 g/mol.